The number of rotatable bonds is 2. The monoisotopic (exact) mass is 192 g/mol. The highest BCUT2D eigenvalue weighted by Gasteiger charge is 2.28. The van der Waals surface area contributed by atoms with Gasteiger partial charge in [0, 0.05) is 0 Å². The molecule has 1 aromatic carbocycles. The Morgan fingerprint density at radius 3 is 2.77 bits per heavy atom. The van der Waals surface area contributed by atoms with Gasteiger partial charge in [-0.2, -0.15) is 0 Å². The molecular weight excluding hydrogens is 175 g/mol. The van der Waals surface area contributed by atoms with E-state index in [2.05, 4.69) is 38.1 Å². The van der Waals surface area contributed by atoms with Crippen LogP contribution in [0.5, 0.6) is 0 Å². The van der Waals surface area contributed by atoms with Crippen LogP contribution in [0.25, 0.3) is 0 Å². The van der Waals surface area contributed by atoms with E-state index < -0.39 is 0 Å². The molecule has 0 aromatic heterocycles. The summed E-state index contributed by atoms with van der Waals surface area (Å²) in [5.41, 5.74) is 2.60. The van der Waals surface area contributed by atoms with Crippen molar-refractivity contribution < 1.29 is 0 Å². The Kier molecular flexibility index (Phi) is 2.69. The molecule has 70 valence electrons. The van der Waals surface area contributed by atoms with Crippen molar-refractivity contribution in [1.82, 2.24) is 0 Å². The lowest BCUT2D eigenvalue weighted by molar-refractivity contribution is 0.822. The van der Waals surface area contributed by atoms with Crippen molar-refractivity contribution in [2.75, 3.05) is 6.16 Å². The molecule has 0 spiro atoms. The molecule has 0 radical (unpaired) electrons. The second-order valence-corrected chi connectivity index (χ2v) is 6.47. The van der Waals surface area contributed by atoms with Crippen molar-refractivity contribution in [1.29, 1.82) is 0 Å². The summed E-state index contributed by atoms with van der Waals surface area (Å²) < 4.78 is 0. The standard InChI is InChI=1S/C12H17P/c1-3-11-9-10-7-5-6-8-12(10)13(11)4-2/h5-8,11H,3-4,9H2,1-2H3. The van der Waals surface area contributed by atoms with Crippen LogP contribution in [-0.4, -0.2) is 11.8 Å². The lowest BCUT2D eigenvalue weighted by Crippen LogP contribution is -2.05. The second kappa shape index (κ2) is 3.80. The first-order chi connectivity index (χ1) is 6.36. The van der Waals surface area contributed by atoms with Gasteiger partial charge in [0.2, 0.25) is 0 Å². The Morgan fingerprint density at radius 1 is 1.31 bits per heavy atom. The Labute approximate surface area is 82.1 Å². The van der Waals surface area contributed by atoms with Gasteiger partial charge in [-0.25, -0.2) is 0 Å². The van der Waals surface area contributed by atoms with Crippen LogP contribution in [0.2, 0.25) is 0 Å². The molecule has 0 saturated carbocycles. The van der Waals surface area contributed by atoms with E-state index in [-0.39, 0.29) is 7.92 Å². The van der Waals surface area contributed by atoms with Crippen molar-refractivity contribution in [3.05, 3.63) is 29.8 Å². The summed E-state index contributed by atoms with van der Waals surface area (Å²) in [5.74, 6) is 0. The van der Waals surface area contributed by atoms with E-state index in [1.54, 1.807) is 10.9 Å². The summed E-state index contributed by atoms with van der Waals surface area (Å²) in [6.45, 7) is 4.68. The molecule has 1 heteroatoms. The van der Waals surface area contributed by atoms with E-state index in [1.807, 2.05) is 0 Å². The Morgan fingerprint density at radius 2 is 2.08 bits per heavy atom. The van der Waals surface area contributed by atoms with Crippen LogP contribution >= 0.6 is 7.92 Å². The zero-order valence-corrected chi connectivity index (χ0v) is 9.35. The SMILES string of the molecule is CCC1Cc2ccccc2P1CC. The normalized spacial score (nSPS) is 26.0. The van der Waals surface area contributed by atoms with Gasteiger partial charge in [0.25, 0.3) is 0 Å². The number of benzene rings is 1. The molecule has 1 heterocycles. The molecule has 0 bridgehead atoms. The van der Waals surface area contributed by atoms with Crippen LogP contribution in [0.15, 0.2) is 24.3 Å². The zero-order chi connectivity index (χ0) is 9.26. The van der Waals surface area contributed by atoms with Crippen molar-refractivity contribution >= 4 is 13.2 Å². The molecule has 0 amide bonds. The van der Waals surface area contributed by atoms with Crippen molar-refractivity contribution in [2.45, 2.75) is 32.3 Å². The van der Waals surface area contributed by atoms with Crippen LogP contribution in [0.1, 0.15) is 25.8 Å². The van der Waals surface area contributed by atoms with Crippen LogP contribution in [-0.2, 0) is 6.42 Å². The molecule has 0 N–H and O–H groups in total. The van der Waals surface area contributed by atoms with E-state index >= 15 is 0 Å². The summed E-state index contributed by atoms with van der Waals surface area (Å²) in [6.07, 6.45) is 4.06. The number of hydrogen-bond donors (Lipinski definition) is 0. The lowest BCUT2D eigenvalue weighted by Gasteiger charge is -2.17. The minimum atomic E-state index is 0.178. The van der Waals surface area contributed by atoms with E-state index in [4.69, 9.17) is 0 Å². The van der Waals surface area contributed by atoms with E-state index in [0.29, 0.717) is 0 Å². The molecular formula is C12H17P. The van der Waals surface area contributed by atoms with Gasteiger partial charge in [-0.05, 0) is 35.5 Å². The minimum Gasteiger partial charge on any atom is -0.0718 e. The molecule has 1 aliphatic rings. The van der Waals surface area contributed by atoms with Gasteiger partial charge in [0.1, 0.15) is 0 Å². The third-order valence-electron chi connectivity index (χ3n) is 3.01. The average Bonchev–Trinajstić information content (AvgIpc) is 2.55. The summed E-state index contributed by atoms with van der Waals surface area (Å²) in [4.78, 5) is 0. The quantitative estimate of drug-likeness (QED) is 0.631. The molecule has 2 unspecified atom stereocenters. The highest BCUT2D eigenvalue weighted by Crippen LogP contribution is 2.48. The van der Waals surface area contributed by atoms with Gasteiger partial charge >= 0.3 is 0 Å². The molecule has 2 rings (SSSR count). The Balaban J connectivity index is 2.34. The fourth-order valence-corrected chi connectivity index (χ4v) is 5.24. The maximum atomic E-state index is 2.35. The highest BCUT2D eigenvalue weighted by atomic mass is 31.1. The lowest BCUT2D eigenvalue weighted by atomic mass is 10.1. The van der Waals surface area contributed by atoms with Crippen LogP contribution in [0, 0.1) is 0 Å². The number of fused-ring (bicyclic) bond motifs is 1. The molecule has 0 nitrogen and oxygen atoms in total. The fraction of sp³-hybridized carbons (Fsp3) is 0.500. The van der Waals surface area contributed by atoms with E-state index in [0.717, 1.165) is 5.66 Å². The second-order valence-electron chi connectivity index (χ2n) is 3.68. The molecule has 0 fully saturated rings. The predicted molar refractivity (Wildman–Crippen MR) is 61.3 cm³/mol. The Bertz CT molecular complexity index is 293. The third-order valence-corrected chi connectivity index (χ3v) is 6.18. The van der Waals surface area contributed by atoms with Gasteiger partial charge in [-0.1, -0.05) is 46.0 Å². The van der Waals surface area contributed by atoms with Crippen LogP contribution < -0.4 is 5.30 Å². The van der Waals surface area contributed by atoms with Gasteiger partial charge in [-0.15, -0.1) is 0 Å². The Hall–Kier alpha value is -0.350. The van der Waals surface area contributed by atoms with E-state index in [1.165, 1.54) is 19.0 Å². The van der Waals surface area contributed by atoms with Gasteiger partial charge in [0.05, 0.1) is 0 Å². The predicted octanol–water partition coefficient (Wildman–Crippen LogP) is 3.15. The summed E-state index contributed by atoms with van der Waals surface area (Å²) in [7, 11) is 0.178. The maximum Gasteiger partial charge on any atom is -0.0131 e. The number of hydrogen-bond acceptors (Lipinski definition) is 0. The minimum absolute atomic E-state index is 0.178. The van der Waals surface area contributed by atoms with Gasteiger partial charge in [0.15, 0.2) is 0 Å². The van der Waals surface area contributed by atoms with Crippen LogP contribution in [0.4, 0.5) is 0 Å². The first-order valence-corrected chi connectivity index (χ1v) is 6.81. The van der Waals surface area contributed by atoms with Gasteiger partial charge in [-0.3, -0.25) is 0 Å². The average molecular weight is 192 g/mol. The van der Waals surface area contributed by atoms with Crippen molar-refractivity contribution in [3.63, 3.8) is 0 Å². The molecule has 2 atom stereocenters. The largest absolute Gasteiger partial charge is 0.0718 e. The molecule has 1 aromatic rings. The summed E-state index contributed by atoms with van der Waals surface area (Å²) >= 11 is 0. The molecule has 0 saturated heterocycles. The van der Waals surface area contributed by atoms with Crippen LogP contribution in [0.3, 0.4) is 0 Å². The van der Waals surface area contributed by atoms with Crippen molar-refractivity contribution in [3.8, 4) is 0 Å². The molecule has 0 aliphatic carbocycles. The fourth-order valence-electron chi connectivity index (χ4n) is 2.32. The molecule has 13 heavy (non-hydrogen) atoms. The molecule has 1 aliphatic heterocycles. The summed E-state index contributed by atoms with van der Waals surface area (Å²) in [6, 6.07) is 9.04. The maximum absolute atomic E-state index is 2.35. The van der Waals surface area contributed by atoms with Crippen molar-refractivity contribution in [2.24, 2.45) is 0 Å². The smallest absolute Gasteiger partial charge is 0.0131 e. The first kappa shape index (κ1) is 9.21. The zero-order valence-electron chi connectivity index (χ0n) is 8.46. The highest BCUT2D eigenvalue weighted by molar-refractivity contribution is 7.66. The summed E-state index contributed by atoms with van der Waals surface area (Å²) in [5, 5.41) is 1.69. The van der Waals surface area contributed by atoms with Gasteiger partial charge < -0.3 is 0 Å². The third kappa shape index (κ3) is 1.53. The topological polar surface area (TPSA) is 0 Å². The first-order valence-electron chi connectivity index (χ1n) is 5.21. The van der Waals surface area contributed by atoms with E-state index in [9.17, 15) is 0 Å².